The number of thiophene rings is 1. The van der Waals surface area contributed by atoms with Crippen LogP contribution in [-0.4, -0.2) is 31.7 Å². The Hall–Kier alpha value is -3.70. The molecule has 0 fully saturated rings. The van der Waals surface area contributed by atoms with Gasteiger partial charge in [0.15, 0.2) is 5.16 Å². The third-order valence-corrected chi connectivity index (χ3v) is 6.86. The molecule has 2 aromatic carbocycles. The van der Waals surface area contributed by atoms with Gasteiger partial charge in [-0.3, -0.25) is 19.7 Å². The van der Waals surface area contributed by atoms with Crippen molar-refractivity contribution in [3.63, 3.8) is 0 Å². The van der Waals surface area contributed by atoms with Gasteiger partial charge in [0, 0.05) is 23.1 Å². The number of non-ortho nitro benzene ring substituents is 1. The second kappa shape index (κ2) is 9.65. The van der Waals surface area contributed by atoms with Gasteiger partial charge >= 0.3 is 0 Å². The Labute approximate surface area is 202 Å². The molecule has 0 aliphatic heterocycles. The van der Waals surface area contributed by atoms with Crippen molar-refractivity contribution in [3.05, 3.63) is 73.9 Å². The predicted molar refractivity (Wildman–Crippen MR) is 134 cm³/mol. The van der Waals surface area contributed by atoms with E-state index in [1.807, 2.05) is 29.6 Å². The number of rotatable bonds is 7. The lowest BCUT2D eigenvalue weighted by atomic mass is 9.99. The highest BCUT2D eigenvalue weighted by Gasteiger charge is 2.16. The van der Waals surface area contributed by atoms with E-state index in [0.717, 1.165) is 41.1 Å². The smallest absolute Gasteiger partial charge is 0.271 e. The van der Waals surface area contributed by atoms with Crippen molar-refractivity contribution in [2.24, 2.45) is 0 Å². The van der Waals surface area contributed by atoms with Crippen LogP contribution in [0, 0.1) is 10.1 Å². The molecule has 1 amide bonds. The van der Waals surface area contributed by atoms with Gasteiger partial charge in [0.05, 0.1) is 21.7 Å². The van der Waals surface area contributed by atoms with E-state index in [0.29, 0.717) is 16.1 Å². The van der Waals surface area contributed by atoms with Crippen LogP contribution >= 0.6 is 23.1 Å². The fraction of sp³-hybridized carbons (Fsp3) is 0.174. The summed E-state index contributed by atoms with van der Waals surface area (Å²) >= 11 is 2.36. The number of aromatic hydroxyl groups is 1. The molecule has 0 aliphatic carbocycles. The molecule has 4 aromatic rings. The number of benzene rings is 2. The van der Waals surface area contributed by atoms with Crippen LogP contribution in [0.5, 0.6) is 5.75 Å². The molecule has 0 saturated heterocycles. The third kappa shape index (κ3) is 4.95. The lowest BCUT2D eigenvalue weighted by Gasteiger charge is -2.07. The number of nitrogens with one attached hydrogen (secondary N) is 2. The topological polar surface area (TPSA) is 138 Å². The summed E-state index contributed by atoms with van der Waals surface area (Å²) in [5.41, 5.74) is 2.32. The van der Waals surface area contributed by atoms with Crippen molar-refractivity contribution in [1.29, 1.82) is 0 Å². The quantitative estimate of drug-likeness (QED) is 0.106. The molecule has 2 aromatic heterocycles. The normalized spacial score (nSPS) is 11.1. The summed E-state index contributed by atoms with van der Waals surface area (Å²) in [4.78, 5) is 43.1. The number of phenolic OH excluding ortho intramolecular Hbond substituents is 1. The van der Waals surface area contributed by atoms with E-state index in [9.17, 15) is 24.8 Å². The lowest BCUT2D eigenvalue weighted by molar-refractivity contribution is -0.384. The average molecular weight is 497 g/mol. The molecule has 174 valence electrons. The highest BCUT2D eigenvalue weighted by Crippen LogP contribution is 2.32. The Morgan fingerprint density at radius 3 is 2.68 bits per heavy atom. The number of nitro benzene ring substituents is 1. The summed E-state index contributed by atoms with van der Waals surface area (Å²) in [6, 6.07) is 11.4. The van der Waals surface area contributed by atoms with Gasteiger partial charge in [-0.15, -0.1) is 11.3 Å². The number of aromatic amines is 1. The standard InChI is InChI=1S/C23H20N4O5S2/c1-12(2)13-3-5-14(6-4-13)16-10-33-22-20(16)21(30)25-23(26-22)34-11-19(29)24-17-9-15(27(31)32)7-8-18(17)28/h3-10,12,28H,11H2,1-2H3,(H,24,29)(H,25,26,30). The van der Waals surface area contributed by atoms with E-state index < -0.39 is 10.8 Å². The molecule has 11 heteroatoms. The molecule has 0 unspecified atom stereocenters. The minimum absolute atomic E-state index is 0.0666. The number of anilines is 1. The Morgan fingerprint density at radius 2 is 2.00 bits per heavy atom. The van der Waals surface area contributed by atoms with Crippen LogP contribution in [0.2, 0.25) is 0 Å². The molecule has 0 bridgehead atoms. The van der Waals surface area contributed by atoms with Gasteiger partial charge in [0.1, 0.15) is 10.6 Å². The maximum absolute atomic E-state index is 12.8. The van der Waals surface area contributed by atoms with Crippen LogP contribution in [0.1, 0.15) is 25.3 Å². The van der Waals surface area contributed by atoms with E-state index in [2.05, 4.69) is 29.1 Å². The Balaban J connectivity index is 1.50. The largest absolute Gasteiger partial charge is 0.506 e. The van der Waals surface area contributed by atoms with Crippen molar-refractivity contribution < 1.29 is 14.8 Å². The molecule has 2 heterocycles. The van der Waals surface area contributed by atoms with E-state index in [1.54, 1.807) is 0 Å². The molecular weight excluding hydrogens is 476 g/mol. The van der Waals surface area contributed by atoms with E-state index in [-0.39, 0.29) is 33.6 Å². The van der Waals surface area contributed by atoms with Crippen molar-refractivity contribution >= 4 is 50.6 Å². The number of nitrogens with zero attached hydrogens (tertiary/aromatic N) is 2. The first kappa shape index (κ1) is 23.5. The summed E-state index contributed by atoms with van der Waals surface area (Å²) in [7, 11) is 0. The van der Waals surface area contributed by atoms with Gasteiger partial charge in [0.2, 0.25) is 5.91 Å². The Kier molecular flexibility index (Phi) is 6.66. The average Bonchev–Trinajstić information content (AvgIpc) is 3.23. The fourth-order valence-electron chi connectivity index (χ4n) is 3.32. The van der Waals surface area contributed by atoms with E-state index in [1.165, 1.54) is 16.9 Å². The Bertz CT molecular complexity index is 1440. The van der Waals surface area contributed by atoms with Crippen molar-refractivity contribution in [3.8, 4) is 16.9 Å². The summed E-state index contributed by atoms with van der Waals surface area (Å²) in [6.07, 6.45) is 0. The number of carbonyl (C=O) groups is 1. The monoisotopic (exact) mass is 496 g/mol. The first-order chi connectivity index (χ1) is 16.2. The molecule has 9 nitrogen and oxygen atoms in total. The van der Waals surface area contributed by atoms with Crippen LogP contribution in [0.25, 0.3) is 21.3 Å². The highest BCUT2D eigenvalue weighted by molar-refractivity contribution is 7.99. The van der Waals surface area contributed by atoms with Crippen LogP contribution in [-0.2, 0) is 4.79 Å². The van der Waals surface area contributed by atoms with Gasteiger partial charge in [-0.1, -0.05) is 49.9 Å². The summed E-state index contributed by atoms with van der Waals surface area (Å²) in [6.45, 7) is 4.24. The van der Waals surface area contributed by atoms with Crippen LogP contribution < -0.4 is 10.9 Å². The van der Waals surface area contributed by atoms with Crippen molar-refractivity contribution in [1.82, 2.24) is 9.97 Å². The maximum Gasteiger partial charge on any atom is 0.271 e. The van der Waals surface area contributed by atoms with Crippen molar-refractivity contribution in [2.45, 2.75) is 24.9 Å². The number of H-pyrrole nitrogens is 1. The molecule has 34 heavy (non-hydrogen) atoms. The molecular formula is C23H20N4O5S2. The maximum atomic E-state index is 12.8. The lowest BCUT2D eigenvalue weighted by Crippen LogP contribution is -2.15. The SMILES string of the molecule is CC(C)c1ccc(-c2csc3nc(SCC(=O)Nc4cc([N+](=O)[O-])ccc4O)[nH]c(=O)c23)cc1. The summed E-state index contributed by atoms with van der Waals surface area (Å²) in [5.74, 6) is -0.507. The van der Waals surface area contributed by atoms with Gasteiger partial charge < -0.3 is 15.4 Å². The zero-order chi connectivity index (χ0) is 24.4. The third-order valence-electron chi connectivity index (χ3n) is 5.12. The first-order valence-electron chi connectivity index (χ1n) is 10.2. The fourth-order valence-corrected chi connectivity index (χ4v) is 4.98. The molecule has 4 rings (SSSR count). The molecule has 0 radical (unpaired) electrons. The van der Waals surface area contributed by atoms with Crippen LogP contribution in [0.3, 0.4) is 0 Å². The van der Waals surface area contributed by atoms with Crippen molar-refractivity contribution in [2.75, 3.05) is 11.1 Å². The van der Waals surface area contributed by atoms with Crippen LogP contribution in [0.15, 0.2) is 57.8 Å². The number of aromatic nitrogens is 2. The molecule has 0 saturated carbocycles. The Morgan fingerprint density at radius 1 is 1.26 bits per heavy atom. The zero-order valence-corrected chi connectivity index (χ0v) is 19.8. The van der Waals surface area contributed by atoms with Gasteiger partial charge in [-0.05, 0) is 23.1 Å². The minimum atomic E-state index is -0.623. The number of nitro groups is 1. The first-order valence-corrected chi connectivity index (χ1v) is 12.1. The van der Waals surface area contributed by atoms with Gasteiger partial charge in [-0.25, -0.2) is 4.98 Å². The van der Waals surface area contributed by atoms with Gasteiger partial charge in [-0.2, -0.15) is 0 Å². The number of amides is 1. The number of carbonyl (C=O) groups excluding carboxylic acids is 1. The number of thioether (sulfide) groups is 1. The number of fused-ring (bicyclic) bond motifs is 1. The molecule has 0 spiro atoms. The molecule has 0 aliphatic rings. The number of phenols is 1. The zero-order valence-electron chi connectivity index (χ0n) is 18.2. The predicted octanol–water partition coefficient (Wildman–Crippen LogP) is 5.12. The van der Waals surface area contributed by atoms with Crippen LogP contribution in [0.4, 0.5) is 11.4 Å². The highest BCUT2D eigenvalue weighted by atomic mass is 32.2. The van der Waals surface area contributed by atoms with E-state index >= 15 is 0 Å². The van der Waals surface area contributed by atoms with E-state index in [4.69, 9.17) is 0 Å². The second-order valence-corrected chi connectivity index (χ2v) is 9.59. The molecule has 0 atom stereocenters. The molecule has 3 N–H and O–H groups in total. The number of hydrogen-bond donors (Lipinski definition) is 3. The summed E-state index contributed by atoms with van der Waals surface area (Å²) in [5, 5.41) is 25.8. The minimum Gasteiger partial charge on any atom is -0.506 e. The van der Waals surface area contributed by atoms with Gasteiger partial charge in [0.25, 0.3) is 11.2 Å². The second-order valence-electron chi connectivity index (χ2n) is 7.77. The number of hydrogen-bond acceptors (Lipinski definition) is 8. The summed E-state index contributed by atoms with van der Waals surface area (Å²) < 4.78 is 0.